The second-order valence-electron chi connectivity index (χ2n) is 4.17. The summed E-state index contributed by atoms with van der Waals surface area (Å²) < 4.78 is 0. The molecule has 16 heavy (non-hydrogen) atoms. The van der Waals surface area contributed by atoms with Crippen molar-refractivity contribution < 1.29 is 4.79 Å². The zero-order valence-electron chi connectivity index (χ0n) is 9.27. The molecule has 1 unspecified atom stereocenters. The van der Waals surface area contributed by atoms with Gasteiger partial charge >= 0.3 is 0 Å². The molecule has 0 heterocycles. The minimum absolute atomic E-state index is 0. The predicted octanol–water partition coefficient (Wildman–Crippen LogP) is 1.04. The van der Waals surface area contributed by atoms with Gasteiger partial charge in [0, 0.05) is 6.04 Å². The maximum Gasteiger partial charge on any atom is 0.236 e. The van der Waals surface area contributed by atoms with Gasteiger partial charge in [-0.15, -0.1) is 12.4 Å². The van der Waals surface area contributed by atoms with E-state index in [1.165, 1.54) is 11.1 Å². The van der Waals surface area contributed by atoms with Gasteiger partial charge in [0.1, 0.15) is 0 Å². The van der Waals surface area contributed by atoms with Crippen molar-refractivity contribution >= 4 is 18.3 Å². The van der Waals surface area contributed by atoms with Gasteiger partial charge in [-0.3, -0.25) is 4.79 Å². The molecule has 1 atom stereocenters. The number of hydrogen-bond donors (Lipinski definition) is 2. The second-order valence-corrected chi connectivity index (χ2v) is 4.17. The van der Waals surface area contributed by atoms with E-state index >= 15 is 0 Å². The van der Waals surface area contributed by atoms with Gasteiger partial charge in [0.15, 0.2) is 0 Å². The van der Waals surface area contributed by atoms with Crippen molar-refractivity contribution in [3.63, 3.8) is 0 Å². The molecular formula is C12H17ClN2O. The fraction of sp³-hybridized carbons (Fsp3) is 0.417. The van der Waals surface area contributed by atoms with Gasteiger partial charge in [-0.25, -0.2) is 0 Å². The number of rotatable bonds is 2. The van der Waals surface area contributed by atoms with E-state index in [-0.39, 0.29) is 24.4 Å². The minimum Gasteiger partial charge on any atom is -0.351 e. The molecule has 0 bridgehead atoms. The van der Waals surface area contributed by atoms with Crippen LogP contribution in [0.3, 0.4) is 0 Å². The maximum atomic E-state index is 11.4. The molecule has 0 fully saturated rings. The molecular weight excluding hydrogens is 224 g/mol. The lowest BCUT2D eigenvalue weighted by Gasteiger charge is -2.13. The van der Waals surface area contributed by atoms with E-state index in [9.17, 15) is 4.79 Å². The molecule has 1 aromatic carbocycles. The third-order valence-corrected chi connectivity index (χ3v) is 2.81. The Morgan fingerprint density at radius 3 is 2.31 bits per heavy atom. The fourth-order valence-corrected chi connectivity index (χ4v) is 1.99. The third kappa shape index (κ3) is 2.74. The zero-order valence-corrected chi connectivity index (χ0v) is 10.1. The summed E-state index contributed by atoms with van der Waals surface area (Å²) in [6.07, 6.45) is 1.85. The summed E-state index contributed by atoms with van der Waals surface area (Å²) in [5.41, 5.74) is 8.19. The first kappa shape index (κ1) is 13.0. The molecule has 4 heteroatoms. The summed E-state index contributed by atoms with van der Waals surface area (Å²) in [5, 5.41) is 2.96. The molecule has 1 aliphatic carbocycles. The van der Waals surface area contributed by atoms with E-state index < -0.39 is 6.04 Å². The molecule has 0 aliphatic heterocycles. The van der Waals surface area contributed by atoms with Crippen LogP contribution in [0.25, 0.3) is 0 Å². The Morgan fingerprint density at radius 1 is 1.38 bits per heavy atom. The Morgan fingerprint density at radius 2 is 1.88 bits per heavy atom. The molecule has 3 nitrogen and oxygen atoms in total. The summed E-state index contributed by atoms with van der Waals surface area (Å²) in [6.45, 7) is 1.71. The van der Waals surface area contributed by atoms with Crippen molar-refractivity contribution in [2.75, 3.05) is 0 Å². The van der Waals surface area contributed by atoms with Crippen molar-refractivity contribution in [3.05, 3.63) is 35.4 Å². The van der Waals surface area contributed by atoms with Gasteiger partial charge in [-0.2, -0.15) is 0 Å². The number of halogens is 1. The van der Waals surface area contributed by atoms with Crippen molar-refractivity contribution in [1.29, 1.82) is 0 Å². The topological polar surface area (TPSA) is 55.1 Å². The maximum absolute atomic E-state index is 11.4. The molecule has 1 aromatic rings. The summed E-state index contributed by atoms with van der Waals surface area (Å²) >= 11 is 0. The highest BCUT2D eigenvalue weighted by Crippen LogP contribution is 2.21. The molecule has 1 amide bonds. The number of carbonyl (C=O) groups excluding carboxylic acids is 1. The Labute approximate surface area is 102 Å². The first-order chi connectivity index (χ1) is 7.16. The normalized spacial score (nSPS) is 16.1. The molecule has 0 spiro atoms. The Bertz CT molecular complexity index is 354. The van der Waals surface area contributed by atoms with Gasteiger partial charge in [-0.05, 0) is 30.9 Å². The summed E-state index contributed by atoms with van der Waals surface area (Å²) in [4.78, 5) is 11.4. The van der Waals surface area contributed by atoms with Crippen molar-refractivity contribution in [2.45, 2.75) is 31.8 Å². The lowest BCUT2D eigenvalue weighted by molar-refractivity contribution is -0.122. The molecule has 3 N–H and O–H groups in total. The Hall–Kier alpha value is -1.06. The molecule has 88 valence electrons. The third-order valence-electron chi connectivity index (χ3n) is 2.81. The van der Waals surface area contributed by atoms with Crippen LogP contribution in [0.4, 0.5) is 0 Å². The van der Waals surface area contributed by atoms with E-state index in [2.05, 4.69) is 17.4 Å². The van der Waals surface area contributed by atoms with Crippen LogP contribution in [0.1, 0.15) is 18.1 Å². The van der Waals surface area contributed by atoms with E-state index in [1.54, 1.807) is 6.92 Å². The Balaban J connectivity index is 0.00000128. The van der Waals surface area contributed by atoms with Crippen molar-refractivity contribution in [3.8, 4) is 0 Å². The van der Waals surface area contributed by atoms with Crippen LogP contribution in [0, 0.1) is 0 Å². The number of nitrogens with two attached hydrogens (primary N) is 1. The smallest absolute Gasteiger partial charge is 0.236 e. The van der Waals surface area contributed by atoms with Gasteiger partial charge in [-0.1, -0.05) is 24.3 Å². The van der Waals surface area contributed by atoms with Crippen LogP contribution in [-0.2, 0) is 17.6 Å². The number of amides is 1. The van der Waals surface area contributed by atoms with Gasteiger partial charge in [0.2, 0.25) is 5.91 Å². The van der Waals surface area contributed by atoms with E-state index in [0.717, 1.165) is 12.8 Å². The first-order valence-corrected chi connectivity index (χ1v) is 5.29. The van der Waals surface area contributed by atoms with E-state index in [0.29, 0.717) is 0 Å². The quantitative estimate of drug-likeness (QED) is 0.812. The molecule has 0 saturated heterocycles. The average Bonchev–Trinajstić information content (AvgIpc) is 2.59. The monoisotopic (exact) mass is 240 g/mol. The van der Waals surface area contributed by atoms with Crippen LogP contribution in [-0.4, -0.2) is 18.0 Å². The predicted molar refractivity (Wildman–Crippen MR) is 66.7 cm³/mol. The standard InChI is InChI=1S/C12H16N2O.ClH/c1-8(13)12(15)14-11-6-9-4-2-3-5-10(9)7-11;/h2-5,8,11H,6-7,13H2,1H3,(H,14,15);1H. The SMILES string of the molecule is CC(N)C(=O)NC1Cc2ccccc2C1.Cl. The summed E-state index contributed by atoms with van der Waals surface area (Å²) in [7, 11) is 0. The van der Waals surface area contributed by atoms with Gasteiger partial charge < -0.3 is 11.1 Å². The largest absolute Gasteiger partial charge is 0.351 e. The molecule has 2 rings (SSSR count). The summed E-state index contributed by atoms with van der Waals surface area (Å²) in [5.74, 6) is -0.0622. The van der Waals surface area contributed by atoms with E-state index in [4.69, 9.17) is 5.73 Å². The number of carbonyl (C=O) groups is 1. The second kappa shape index (κ2) is 5.32. The minimum atomic E-state index is -0.422. The van der Waals surface area contributed by atoms with Crippen LogP contribution < -0.4 is 11.1 Å². The highest BCUT2D eigenvalue weighted by molar-refractivity contribution is 5.85. The van der Waals surface area contributed by atoms with Crippen molar-refractivity contribution in [1.82, 2.24) is 5.32 Å². The lowest BCUT2D eigenvalue weighted by atomic mass is 10.1. The number of benzene rings is 1. The van der Waals surface area contributed by atoms with Crippen LogP contribution in [0.5, 0.6) is 0 Å². The Kier molecular flexibility index (Phi) is 4.33. The van der Waals surface area contributed by atoms with Crippen LogP contribution in [0.2, 0.25) is 0 Å². The fourth-order valence-electron chi connectivity index (χ4n) is 1.99. The highest BCUT2D eigenvalue weighted by Gasteiger charge is 2.22. The number of hydrogen-bond acceptors (Lipinski definition) is 2. The highest BCUT2D eigenvalue weighted by atomic mass is 35.5. The van der Waals surface area contributed by atoms with Gasteiger partial charge in [0.25, 0.3) is 0 Å². The van der Waals surface area contributed by atoms with E-state index in [1.807, 2.05) is 12.1 Å². The average molecular weight is 241 g/mol. The number of fused-ring (bicyclic) bond motifs is 1. The number of nitrogens with one attached hydrogen (secondary N) is 1. The van der Waals surface area contributed by atoms with Gasteiger partial charge in [0.05, 0.1) is 6.04 Å². The molecule has 1 aliphatic rings. The van der Waals surface area contributed by atoms with Crippen molar-refractivity contribution in [2.24, 2.45) is 5.73 Å². The molecule has 0 radical (unpaired) electrons. The molecule has 0 saturated carbocycles. The molecule has 0 aromatic heterocycles. The van der Waals surface area contributed by atoms with Crippen LogP contribution >= 0.6 is 12.4 Å². The first-order valence-electron chi connectivity index (χ1n) is 5.29. The van der Waals surface area contributed by atoms with Crippen LogP contribution in [0.15, 0.2) is 24.3 Å². The summed E-state index contributed by atoms with van der Waals surface area (Å²) in [6, 6.07) is 8.11. The lowest BCUT2D eigenvalue weighted by Crippen LogP contribution is -2.44. The zero-order chi connectivity index (χ0) is 10.8.